The van der Waals surface area contributed by atoms with E-state index in [1.54, 1.807) is 30.3 Å². The van der Waals surface area contributed by atoms with Crippen molar-refractivity contribution >= 4 is 29.0 Å². The molecular formula is C18H14N4O2. The molecule has 0 bridgehead atoms. The molecule has 0 spiro atoms. The summed E-state index contributed by atoms with van der Waals surface area (Å²) in [6.45, 7) is 0. The summed E-state index contributed by atoms with van der Waals surface area (Å²) in [5.41, 5.74) is 3.21. The summed E-state index contributed by atoms with van der Waals surface area (Å²) in [5, 5.41) is 10.9. The van der Waals surface area contributed by atoms with Crippen molar-refractivity contribution in [1.29, 1.82) is 0 Å². The standard InChI is InChI=1S/C18H14N4O2/c23-17-15-11-5-4-10-14(15)16(20-22-17)18(24)21-19-12-6-9-13-7-2-1-3-8-13/h1-12H,(H,21,24)(H,22,23)/b9-6+,19-12-. The van der Waals surface area contributed by atoms with Crippen LogP contribution in [-0.2, 0) is 0 Å². The van der Waals surface area contributed by atoms with E-state index in [1.165, 1.54) is 6.21 Å². The molecule has 6 heteroatoms. The van der Waals surface area contributed by atoms with Crippen molar-refractivity contribution in [2.75, 3.05) is 0 Å². The van der Waals surface area contributed by atoms with E-state index < -0.39 is 5.91 Å². The molecule has 0 aliphatic carbocycles. The summed E-state index contributed by atoms with van der Waals surface area (Å²) in [6, 6.07) is 16.5. The second-order valence-corrected chi connectivity index (χ2v) is 4.94. The number of hydrogen-bond acceptors (Lipinski definition) is 4. The topological polar surface area (TPSA) is 87.2 Å². The Hall–Kier alpha value is -3.54. The van der Waals surface area contributed by atoms with E-state index in [1.807, 2.05) is 36.4 Å². The lowest BCUT2D eigenvalue weighted by Gasteiger charge is -2.02. The summed E-state index contributed by atoms with van der Waals surface area (Å²) < 4.78 is 0. The van der Waals surface area contributed by atoms with Crippen molar-refractivity contribution < 1.29 is 4.79 Å². The van der Waals surface area contributed by atoms with Gasteiger partial charge in [-0.25, -0.2) is 10.5 Å². The highest BCUT2D eigenvalue weighted by Crippen LogP contribution is 2.11. The van der Waals surface area contributed by atoms with E-state index in [4.69, 9.17) is 0 Å². The molecule has 1 heterocycles. The van der Waals surface area contributed by atoms with Crippen molar-refractivity contribution in [3.05, 3.63) is 82.3 Å². The third kappa shape index (κ3) is 3.44. The number of fused-ring (bicyclic) bond motifs is 1. The third-order valence-electron chi connectivity index (χ3n) is 3.33. The number of rotatable bonds is 4. The Balaban J connectivity index is 1.72. The van der Waals surface area contributed by atoms with Crippen LogP contribution in [0.4, 0.5) is 0 Å². The van der Waals surface area contributed by atoms with Gasteiger partial charge in [0, 0.05) is 11.6 Å². The smallest absolute Gasteiger partial charge is 0.267 e. The van der Waals surface area contributed by atoms with E-state index in [-0.39, 0.29) is 11.3 Å². The predicted molar refractivity (Wildman–Crippen MR) is 93.8 cm³/mol. The molecule has 6 nitrogen and oxygen atoms in total. The fourth-order valence-corrected chi connectivity index (χ4v) is 2.20. The molecule has 1 amide bonds. The van der Waals surface area contributed by atoms with Gasteiger partial charge in [0.2, 0.25) is 0 Å². The van der Waals surface area contributed by atoms with Crippen LogP contribution in [0.3, 0.4) is 0 Å². The number of benzene rings is 2. The molecule has 2 aromatic carbocycles. The monoisotopic (exact) mass is 318 g/mol. The molecule has 118 valence electrons. The number of carbonyl (C=O) groups excluding carboxylic acids is 1. The van der Waals surface area contributed by atoms with Gasteiger partial charge in [-0.05, 0) is 17.7 Å². The second kappa shape index (κ2) is 7.15. The van der Waals surface area contributed by atoms with E-state index in [0.717, 1.165) is 5.56 Å². The van der Waals surface area contributed by atoms with Crippen LogP contribution in [0.2, 0.25) is 0 Å². The van der Waals surface area contributed by atoms with E-state index in [2.05, 4.69) is 20.7 Å². The molecule has 3 rings (SSSR count). The molecular weight excluding hydrogens is 304 g/mol. The fourth-order valence-electron chi connectivity index (χ4n) is 2.20. The number of hydrogen-bond donors (Lipinski definition) is 2. The number of nitrogens with one attached hydrogen (secondary N) is 2. The molecule has 0 atom stereocenters. The Morgan fingerprint density at radius 3 is 2.54 bits per heavy atom. The van der Waals surface area contributed by atoms with Crippen molar-refractivity contribution in [2.24, 2.45) is 5.10 Å². The molecule has 0 unspecified atom stereocenters. The lowest BCUT2D eigenvalue weighted by Crippen LogP contribution is -2.22. The molecule has 3 aromatic rings. The molecule has 0 saturated carbocycles. The molecule has 24 heavy (non-hydrogen) atoms. The molecule has 0 radical (unpaired) electrons. The number of amides is 1. The largest absolute Gasteiger partial charge is 0.292 e. The molecule has 2 N–H and O–H groups in total. The van der Waals surface area contributed by atoms with Crippen LogP contribution in [0.5, 0.6) is 0 Å². The van der Waals surface area contributed by atoms with Crippen LogP contribution < -0.4 is 11.0 Å². The van der Waals surface area contributed by atoms with Crippen LogP contribution in [0.25, 0.3) is 16.8 Å². The van der Waals surface area contributed by atoms with Crippen LogP contribution in [0.1, 0.15) is 16.1 Å². The Morgan fingerprint density at radius 2 is 1.75 bits per heavy atom. The van der Waals surface area contributed by atoms with Gasteiger partial charge in [0.1, 0.15) is 0 Å². The SMILES string of the molecule is O=C(N/N=C\C=C\c1ccccc1)c1n[nH]c(=O)c2ccccc12. The van der Waals surface area contributed by atoms with Gasteiger partial charge in [-0.2, -0.15) is 10.2 Å². The number of hydrazone groups is 1. The Kier molecular flexibility index (Phi) is 4.57. The van der Waals surface area contributed by atoms with E-state index in [9.17, 15) is 9.59 Å². The first-order valence-electron chi connectivity index (χ1n) is 7.28. The third-order valence-corrected chi connectivity index (χ3v) is 3.33. The molecule has 0 aliphatic rings. The maximum Gasteiger partial charge on any atom is 0.292 e. The zero-order chi connectivity index (χ0) is 16.8. The van der Waals surface area contributed by atoms with Gasteiger partial charge < -0.3 is 0 Å². The zero-order valence-corrected chi connectivity index (χ0v) is 12.6. The lowest BCUT2D eigenvalue weighted by atomic mass is 10.1. The van der Waals surface area contributed by atoms with Gasteiger partial charge in [-0.15, -0.1) is 0 Å². The molecule has 0 aliphatic heterocycles. The van der Waals surface area contributed by atoms with Crippen molar-refractivity contribution in [1.82, 2.24) is 15.6 Å². The summed E-state index contributed by atoms with van der Waals surface area (Å²) in [5.74, 6) is -0.494. The number of nitrogens with zero attached hydrogens (tertiary/aromatic N) is 2. The first kappa shape index (κ1) is 15.4. The van der Waals surface area contributed by atoms with Gasteiger partial charge in [0.25, 0.3) is 11.5 Å². The number of H-pyrrole nitrogens is 1. The number of allylic oxidation sites excluding steroid dienone is 1. The maximum absolute atomic E-state index is 12.2. The van der Waals surface area contributed by atoms with Crippen LogP contribution in [-0.4, -0.2) is 22.3 Å². The highest BCUT2D eigenvalue weighted by Gasteiger charge is 2.12. The van der Waals surface area contributed by atoms with E-state index in [0.29, 0.717) is 10.8 Å². The second-order valence-electron chi connectivity index (χ2n) is 4.94. The average Bonchev–Trinajstić information content (AvgIpc) is 2.63. The zero-order valence-electron chi connectivity index (χ0n) is 12.6. The van der Waals surface area contributed by atoms with Gasteiger partial charge in [-0.1, -0.05) is 54.6 Å². The summed E-state index contributed by atoms with van der Waals surface area (Å²) in [6.07, 6.45) is 5.05. The number of carbonyl (C=O) groups is 1. The number of aromatic nitrogens is 2. The average molecular weight is 318 g/mol. The van der Waals surface area contributed by atoms with Gasteiger partial charge in [-0.3, -0.25) is 9.59 Å². The highest BCUT2D eigenvalue weighted by atomic mass is 16.2. The normalized spacial score (nSPS) is 11.3. The Labute approximate surface area is 137 Å². The van der Waals surface area contributed by atoms with Crippen LogP contribution in [0, 0.1) is 0 Å². The van der Waals surface area contributed by atoms with Crippen LogP contribution in [0.15, 0.2) is 70.6 Å². The fraction of sp³-hybridized carbons (Fsp3) is 0. The minimum Gasteiger partial charge on any atom is -0.267 e. The quantitative estimate of drug-likeness (QED) is 0.572. The lowest BCUT2D eigenvalue weighted by molar-refractivity contribution is 0.0951. The van der Waals surface area contributed by atoms with Gasteiger partial charge in [0.15, 0.2) is 5.69 Å². The molecule has 0 saturated heterocycles. The van der Waals surface area contributed by atoms with E-state index >= 15 is 0 Å². The first-order valence-corrected chi connectivity index (χ1v) is 7.28. The Morgan fingerprint density at radius 1 is 1.04 bits per heavy atom. The molecule has 0 fully saturated rings. The Bertz CT molecular complexity index is 975. The number of aromatic amines is 1. The first-order chi connectivity index (χ1) is 11.8. The minimum atomic E-state index is -0.494. The highest BCUT2D eigenvalue weighted by molar-refractivity contribution is 6.04. The summed E-state index contributed by atoms with van der Waals surface area (Å²) >= 11 is 0. The van der Waals surface area contributed by atoms with Gasteiger partial charge in [0.05, 0.1) is 5.39 Å². The van der Waals surface area contributed by atoms with Crippen molar-refractivity contribution in [3.63, 3.8) is 0 Å². The van der Waals surface area contributed by atoms with Crippen LogP contribution >= 0.6 is 0 Å². The minimum absolute atomic E-state index is 0.120. The summed E-state index contributed by atoms with van der Waals surface area (Å²) in [4.78, 5) is 23.9. The van der Waals surface area contributed by atoms with Crippen molar-refractivity contribution in [2.45, 2.75) is 0 Å². The maximum atomic E-state index is 12.2. The van der Waals surface area contributed by atoms with Gasteiger partial charge >= 0.3 is 0 Å². The predicted octanol–water partition coefficient (Wildman–Crippen LogP) is 2.35. The van der Waals surface area contributed by atoms with Crippen molar-refractivity contribution in [3.8, 4) is 0 Å². The summed E-state index contributed by atoms with van der Waals surface area (Å²) in [7, 11) is 0. The molecule has 1 aromatic heterocycles.